The molecule has 2 aliphatic heterocycles. The van der Waals surface area contributed by atoms with Crippen LogP contribution < -0.4 is 4.74 Å². The maximum atomic E-state index is 13.6. The number of carbonyl (C=O) groups excluding carboxylic acids is 2. The van der Waals surface area contributed by atoms with Crippen LogP contribution in [0.2, 0.25) is 0 Å². The topological polar surface area (TPSA) is 98.8 Å². The summed E-state index contributed by atoms with van der Waals surface area (Å²) in [7, 11) is 1.65. The smallest absolute Gasteiger partial charge is 0.272 e. The number of ether oxygens (including phenoxy) is 1. The Kier molecular flexibility index (Phi) is 5.71. The van der Waals surface area contributed by atoms with E-state index in [4.69, 9.17) is 4.74 Å². The van der Waals surface area contributed by atoms with E-state index < -0.39 is 6.04 Å². The molecule has 3 aromatic rings. The summed E-state index contributed by atoms with van der Waals surface area (Å²) >= 11 is 0. The average molecular weight is 489 g/mol. The van der Waals surface area contributed by atoms with Gasteiger partial charge in [0.2, 0.25) is 5.91 Å². The number of pyridine rings is 1. The minimum absolute atomic E-state index is 0.0490. The molecule has 2 fully saturated rings. The highest BCUT2D eigenvalue weighted by molar-refractivity contribution is 5.93. The van der Waals surface area contributed by atoms with Gasteiger partial charge in [0.15, 0.2) is 0 Å². The van der Waals surface area contributed by atoms with Crippen LogP contribution in [0, 0.1) is 5.92 Å². The van der Waals surface area contributed by atoms with Crippen LogP contribution in [0.15, 0.2) is 42.6 Å². The predicted octanol–water partition coefficient (Wildman–Crippen LogP) is 3.42. The van der Waals surface area contributed by atoms with E-state index in [1.807, 2.05) is 34.1 Å². The number of aliphatic hydroxyl groups excluding tert-OH is 1. The molecule has 0 unspecified atom stereocenters. The first-order valence-electron chi connectivity index (χ1n) is 12.9. The molecule has 0 bridgehead atoms. The van der Waals surface area contributed by atoms with E-state index in [9.17, 15) is 14.7 Å². The lowest BCUT2D eigenvalue weighted by Crippen LogP contribution is -2.57. The Balaban J connectivity index is 1.40. The lowest BCUT2D eigenvalue weighted by molar-refractivity contribution is -0.144. The van der Waals surface area contributed by atoms with Crippen molar-refractivity contribution in [1.29, 1.82) is 0 Å². The fourth-order valence-electron chi connectivity index (χ4n) is 6.33. The van der Waals surface area contributed by atoms with Gasteiger partial charge in [-0.05, 0) is 55.5 Å². The monoisotopic (exact) mass is 488 g/mol. The normalized spacial score (nSPS) is 21.3. The summed E-state index contributed by atoms with van der Waals surface area (Å²) < 4.78 is 5.46. The highest BCUT2D eigenvalue weighted by Crippen LogP contribution is 2.50. The van der Waals surface area contributed by atoms with E-state index in [2.05, 4.69) is 16.0 Å². The summed E-state index contributed by atoms with van der Waals surface area (Å²) in [6.45, 7) is 1.61. The van der Waals surface area contributed by atoms with Gasteiger partial charge in [-0.1, -0.05) is 12.5 Å². The van der Waals surface area contributed by atoms with Gasteiger partial charge in [0.25, 0.3) is 5.91 Å². The van der Waals surface area contributed by atoms with Gasteiger partial charge in [0, 0.05) is 59.8 Å². The Labute approximate surface area is 210 Å². The number of amides is 2. The molecule has 2 aromatic heterocycles. The molecule has 8 nitrogen and oxygen atoms in total. The molecule has 2 N–H and O–H groups in total. The molecule has 36 heavy (non-hydrogen) atoms. The van der Waals surface area contributed by atoms with Crippen molar-refractivity contribution in [2.45, 2.75) is 43.6 Å². The number of carbonyl (C=O) groups is 2. The highest BCUT2D eigenvalue weighted by atomic mass is 16.5. The van der Waals surface area contributed by atoms with Crippen LogP contribution in [0.5, 0.6) is 5.75 Å². The molecule has 1 saturated heterocycles. The molecule has 3 aliphatic rings. The molecule has 1 spiro atoms. The summed E-state index contributed by atoms with van der Waals surface area (Å²) in [6, 6.07) is 11.0. The van der Waals surface area contributed by atoms with Crippen molar-refractivity contribution in [2.75, 3.05) is 33.4 Å². The van der Waals surface area contributed by atoms with Crippen LogP contribution >= 0.6 is 0 Å². The standard InChI is InChI=1S/C28H32N4O4/c1-36-19-8-9-20-22(15-19)30-25-23(16-33)32(26(34)18-5-4-6-18)17-28(24(20)25)10-13-31(14-11-28)27(35)21-7-2-3-12-29-21/h2-3,7-9,12,15,18,23,30,33H,4-6,10-11,13-14,16-17H2,1H3/t23-/m1/s1. The first-order valence-corrected chi connectivity index (χ1v) is 12.9. The van der Waals surface area contributed by atoms with E-state index >= 15 is 0 Å². The fraction of sp³-hybridized carbons (Fsp3) is 0.464. The number of piperidine rings is 1. The third-order valence-corrected chi connectivity index (χ3v) is 8.55. The van der Waals surface area contributed by atoms with Crippen molar-refractivity contribution in [2.24, 2.45) is 5.92 Å². The second kappa shape index (κ2) is 8.92. The highest BCUT2D eigenvalue weighted by Gasteiger charge is 2.50. The number of fused-ring (bicyclic) bond motifs is 4. The number of aromatic nitrogens is 2. The first-order chi connectivity index (χ1) is 17.5. The molecule has 1 atom stereocenters. The molecule has 188 valence electrons. The van der Waals surface area contributed by atoms with Crippen molar-refractivity contribution >= 4 is 22.7 Å². The number of H-pyrrole nitrogens is 1. The molecule has 1 aromatic carbocycles. The first kappa shape index (κ1) is 23.0. The van der Waals surface area contributed by atoms with Gasteiger partial charge in [-0.15, -0.1) is 0 Å². The zero-order chi connectivity index (χ0) is 24.9. The summed E-state index contributed by atoms with van der Waals surface area (Å²) in [6.07, 6.45) is 6.05. The number of nitrogens with zero attached hydrogens (tertiary/aromatic N) is 3. The van der Waals surface area contributed by atoms with Crippen LogP contribution in [-0.4, -0.2) is 70.0 Å². The lowest BCUT2D eigenvalue weighted by Gasteiger charge is -2.51. The average Bonchev–Trinajstić information content (AvgIpc) is 3.27. The summed E-state index contributed by atoms with van der Waals surface area (Å²) in [5.41, 5.74) is 3.21. The largest absolute Gasteiger partial charge is 0.497 e. The quantitative estimate of drug-likeness (QED) is 0.586. The number of nitrogens with one attached hydrogen (secondary N) is 1. The molecule has 8 heteroatoms. The summed E-state index contributed by atoms with van der Waals surface area (Å²) in [5, 5.41) is 11.6. The fourth-order valence-corrected chi connectivity index (χ4v) is 6.33. The van der Waals surface area contributed by atoms with Crippen molar-refractivity contribution in [1.82, 2.24) is 19.8 Å². The SMILES string of the molecule is COc1ccc2c3c([nH]c2c1)[C@@H](CO)N(C(=O)C1CCC1)CC31CCN(C(=O)c2ccccn2)CC1. The number of aliphatic hydroxyl groups is 1. The number of aromatic amines is 1. The molecule has 1 saturated carbocycles. The van der Waals surface area contributed by atoms with E-state index in [1.165, 1.54) is 5.56 Å². The lowest BCUT2D eigenvalue weighted by atomic mass is 9.67. The van der Waals surface area contributed by atoms with Crippen LogP contribution in [0.4, 0.5) is 0 Å². The number of likely N-dealkylation sites (tertiary alicyclic amines) is 1. The molecular formula is C28H32N4O4. The summed E-state index contributed by atoms with van der Waals surface area (Å²) in [5.74, 6) is 0.899. The third kappa shape index (κ3) is 3.58. The van der Waals surface area contributed by atoms with Gasteiger partial charge in [-0.25, -0.2) is 0 Å². The van der Waals surface area contributed by atoms with Gasteiger partial charge in [0.05, 0.1) is 19.8 Å². The predicted molar refractivity (Wildman–Crippen MR) is 135 cm³/mol. The maximum Gasteiger partial charge on any atom is 0.272 e. The van der Waals surface area contributed by atoms with E-state index in [-0.39, 0.29) is 29.8 Å². The summed E-state index contributed by atoms with van der Waals surface area (Å²) in [4.78, 5) is 38.3. The number of benzene rings is 1. The van der Waals surface area contributed by atoms with Gasteiger partial charge in [-0.3, -0.25) is 14.6 Å². The number of hydrogen-bond donors (Lipinski definition) is 2. The second-order valence-electron chi connectivity index (χ2n) is 10.4. The Morgan fingerprint density at radius 2 is 2.00 bits per heavy atom. The third-order valence-electron chi connectivity index (χ3n) is 8.55. The molecular weight excluding hydrogens is 456 g/mol. The number of hydrogen-bond acceptors (Lipinski definition) is 5. The molecule has 2 amide bonds. The Hall–Kier alpha value is -3.39. The molecule has 0 radical (unpaired) electrons. The van der Waals surface area contributed by atoms with Gasteiger partial charge in [-0.2, -0.15) is 0 Å². The van der Waals surface area contributed by atoms with Gasteiger partial charge in [0.1, 0.15) is 11.4 Å². The Morgan fingerprint density at radius 3 is 2.64 bits per heavy atom. The van der Waals surface area contributed by atoms with Crippen molar-refractivity contribution in [3.63, 3.8) is 0 Å². The Bertz CT molecular complexity index is 1290. The van der Waals surface area contributed by atoms with Crippen molar-refractivity contribution < 1.29 is 19.4 Å². The minimum atomic E-state index is -0.398. The number of rotatable bonds is 4. The minimum Gasteiger partial charge on any atom is -0.497 e. The second-order valence-corrected chi connectivity index (χ2v) is 10.4. The van der Waals surface area contributed by atoms with Crippen LogP contribution in [-0.2, 0) is 10.2 Å². The van der Waals surface area contributed by atoms with E-state index in [0.717, 1.165) is 54.5 Å². The van der Waals surface area contributed by atoms with E-state index in [1.54, 1.807) is 19.4 Å². The van der Waals surface area contributed by atoms with Gasteiger partial charge < -0.3 is 24.6 Å². The van der Waals surface area contributed by atoms with Crippen LogP contribution in [0.3, 0.4) is 0 Å². The van der Waals surface area contributed by atoms with Crippen molar-refractivity contribution in [3.8, 4) is 5.75 Å². The van der Waals surface area contributed by atoms with Gasteiger partial charge >= 0.3 is 0 Å². The van der Waals surface area contributed by atoms with Crippen LogP contribution in [0.1, 0.15) is 59.9 Å². The zero-order valence-corrected chi connectivity index (χ0v) is 20.6. The molecule has 1 aliphatic carbocycles. The van der Waals surface area contributed by atoms with Crippen molar-refractivity contribution in [3.05, 3.63) is 59.5 Å². The Morgan fingerprint density at radius 1 is 1.19 bits per heavy atom. The zero-order valence-electron chi connectivity index (χ0n) is 20.6. The molecule has 4 heterocycles. The van der Waals surface area contributed by atoms with Crippen LogP contribution in [0.25, 0.3) is 10.9 Å². The van der Waals surface area contributed by atoms with E-state index in [0.29, 0.717) is 25.3 Å². The number of methoxy groups -OCH3 is 1. The molecule has 6 rings (SSSR count). The maximum absolute atomic E-state index is 13.6.